The highest BCUT2D eigenvalue weighted by atomic mass is 35.5. The van der Waals surface area contributed by atoms with Crippen LogP contribution in [0.5, 0.6) is 5.75 Å². The number of hydrogen-bond acceptors (Lipinski definition) is 3. The van der Waals surface area contributed by atoms with Crippen LogP contribution in [-0.4, -0.2) is 31.9 Å². The van der Waals surface area contributed by atoms with E-state index in [0.29, 0.717) is 25.3 Å². The predicted molar refractivity (Wildman–Crippen MR) is 91.9 cm³/mol. The normalized spacial score (nSPS) is 15.3. The minimum atomic E-state index is -4.68. The minimum absolute atomic E-state index is 0. The Hall–Kier alpha value is -1.47. The first kappa shape index (κ1) is 21.6. The Bertz CT molecular complexity index is 518. The van der Waals surface area contributed by atoms with Crippen molar-refractivity contribution in [3.8, 4) is 5.75 Å². The summed E-state index contributed by atoms with van der Waals surface area (Å²) in [4.78, 5) is 11.8. The number of ether oxygens (including phenoxy) is 1. The number of alkyl halides is 3. The lowest BCUT2D eigenvalue weighted by Crippen LogP contribution is -2.30. The Kier molecular flexibility index (Phi) is 9.06. The molecular weight excluding hydrogens is 357 g/mol. The lowest BCUT2D eigenvalue weighted by Gasteiger charge is -2.22. The van der Waals surface area contributed by atoms with Crippen molar-refractivity contribution < 1.29 is 22.7 Å². The second-order valence-electron chi connectivity index (χ2n) is 6.02. The van der Waals surface area contributed by atoms with Gasteiger partial charge >= 0.3 is 6.36 Å². The summed E-state index contributed by atoms with van der Waals surface area (Å²) in [5.41, 5.74) is 0.850. The summed E-state index contributed by atoms with van der Waals surface area (Å²) in [5.74, 6) is 0.418. The van der Waals surface area contributed by atoms with Gasteiger partial charge in [0.15, 0.2) is 0 Å². The van der Waals surface area contributed by atoms with Crippen molar-refractivity contribution in [3.05, 3.63) is 29.8 Å². The molecule has 1 aliphatic heterocycles. The lowest BCUT2D eigenvalue weighted by molar-refractivity contribution is -0.274. The highest BCUT2D eigenvalue weighted by molar-refractivity contribution is 5.85. The van der Waals surface area contributed by atoms with Crippen LogP contribution in [0.15, 0.2) is 24.3 Å². The fourth-order valence-electron chi connectivity index (χ4n) is 2.80. The molecule has 1 heterocycles. The van der Waals surface area contributed by atoms with Gasteiger partial charge in [0.25, 0.3) is 0 Å². The van der Waals surface area contributed by atoms with Gasteiger partial charge in [-0.1, -0.05) is 12.1 Å². The summed E-state index contributed by atoms with van der Waals surface area (Å²) in [6.45, 7) is 2.53. The van der Waals surface area contributed by atoms with Gasteiger partial charge in [-0.3, -0.25) is 4.79 Å². The number of halogens is 4. The van der Waals surface area contributed by atoms with Crippen LogP contribution in [-0.2, 0) is 11.2 Å². The third-order valence-electron chi connectivity index (χ3n) is 4.13. The second-order valence-corrected chi connectivity index (χ2v) is 6.02. The third kappa shape index (κ3) is 8.97. The molecule has 2 rings (SSSR count). The summed E-state index contributed by atoms with van der Waals surface area (Å²) in [5, 5.41) is 6.16. The number of nitrogens with one attached hydrogen (secondary N) is 2. The lowest BCUT2D eigenvalue weighted by atomic mass is 9.93. The zero-order chi connectivity index (χ0) is 17.4. The van der Waals surface area contributed by atoms with E-state index in [1.54, 1.807) is 12.1 Å². The molecule has 0 bridgehead atoms. The number of piperidine rings is 1. The summed E-state index contributed by atoms with van der Waals surface area (Å²) in [6, 6.07) is 5.70. The molecule has 0 unspecified atom stereocenters. The van der Waals surface area contributed by atoms with E-state index in [1.165, 1.54) is 12.1 Å². The molecule has 1 aliphatic rings. The minimum Gasteiger partial charge on any atom is -0.406 e. The monoisotopic (exact) mass is 380 g/mol. The molecule has 0 aromatic heterocycles. The van der Waals surface area contributed by atoms with Crippen LogP contribution < -0.4 is 15.4 Å². The topological polar surface area (TPSA) is 50.4 Å². The Morgan fingerprint density at radius 2 is 1.84 bits per heavy atom. The van der Waals surface area contributed by atoms with E-state index in [2.05, 4.69) is 15.4 Å². The van der Waals surface area contributed by atoms with E-state index in [0.717, 1.165) is 37.9 Å². The molecule has 1 fully saturated rings. The number of hydrogen-bond donors (Lipinski definition) is 2. The van der Waals surface area contributed by atoms with E-state index in [1.807, 2.05) is 0 Å². The Balaban J connectivity index is 0.00000312. The molecule has 0 saturated carbocycles. The number of carbonyl (C=O) groups excluding carboxylic acids is 1. The SMILES string of the molecule is Cl.O=C(CCC1CCNCC1)NCCc1ccc(OC(F)(F)F)cc1. The molecule has 1 aromatic rings. The largest absolute Gasteiger partial charge is 0.573 e. The number of amides is 1. The van der Waals surface area contributed by atoms with E-state index < -0.39 is 6.36 Å². The zero-order valence-electron chi connectivity index (χ0n) is 13.9. The van der Waals surface area contributed by atoms with Gasteiger partial charge in [0.05, 0.1) is 0 Å². The molecule has 142 valence electrons. The van der Waals surface area contributed by atoms with Gasteiger partial charge in [-0.15, -0.1) is 25.6 Å². The van der Waals surface area contributed by atoms with Crippen molar-refractivity contribution in [1.82, 2.24) is 10.6 Å². The third-order valence-corrected chi connectivity index (χ3v) is 4.13. The Morgan fingerprint density at radius 1 is 1.20 bits per heavy atom. The van der Waals surface area contributed by atoms with Gasteiger partial charge < -0.3 is 15.4 Å². The summed E-state index contributed by atoms with van der Waals surface area (Å²) in [7, 11) is 0. The molecule has 1 aromatic carbocycles. The van der Waals surface area contributed by atoms with E-state index >= 15 is 0 Å². The number of rotatable bonds is 7. The van der Waals surface area contributed by atoms with Crippen molar-refractivity contribution in [1.29, 1.82) is 0 Å². The van der Waals surface area contributed by atoms with Crippen LogP contribution in [0.3, 0.4) is 0 Å². The summed E-state index contributed by atoms with van der Waals surface area (Å²) in [6.07, 6.45) is -0.408. The molecule has 0 radical (unpaired) electrons. The first-order valence-corrected chi connectivity index (χ1v) is 8.24. The van der Waals surface area contributed by atoms with Gasteiger partial charge in [0.1, 0.15) is 5.75 Å². The van der Waals surface area contributed by atoms with Crippen molar-refractivity contribution in [3.63, 3.8) is 0 Å². The van der Waals surface area contributed by atoms with Crippen molar-refractivity contribution in [2.45, 2.75) is 38.5 Å². The van der Waals surface area contributed by atoms with Crippen LogP contribution in [0.4, 0.5) is 13.2 Å². The Labute approximate surface area is 151 Å². The standard InChI is InChI=1S/C17H23F3N2O2.ClH/c18-17(19,20)24-15-4-1-13(2-5-15)9-12-22-16(23)6-3-14-7-10-21-11-8-14;/h1-2,4-5,14,21H,3,6-12H2,(H,22,23);1H. The zero-order valence-corrected chi connectivity index (χ0v) is 14.7. The maximum Gasteiger partial charge on any atom is 0.573 e. The van der Waals surface area contributed by atoms with Gasteiger partial charge in [0, 0.05) is 13.0 Å². The smallest absolute Gasteiger partial charge is 0.406 e. The molecule has 0 aliphatic carbocycles. The van der Waals surface area contributed by atoms with Gasteiger partial charge in [-0.2, -0.15) is 0 Å². The molecule has 1 amide bonds. The van der Waals surface area contributed by atoms with E-state index in [4.69, 9.17) is 0 Å². The van der Waals surface area contributed by atoms with Gasteiger partial charge in [-0.05, 0) is 62.4 Å². The van der Waals surface area contributed by atoms with Crippen molar-refractivity contribution >= 4 is 18.3 Å². The summed E-state index contributed by atoms with van der Waals surface area (Å²) >= 11 is 0. The van der Waals surface area contributed by atoms with E-state index in [-0.39, 0.29) is 24.1 Å². The maximum atomic E-state index is 12.1. The average Bonchev–Trinajstić information content (AvgIpc) is 2.54. The predicted octanol–water partition coefficient (Wildman–Crippen LogP) is 3.45. The Morgan fingerprint density at radius 3 is 2.44 bits per heavy atom. The quantitative estimate of drug-likeness (QED) is 0.761. The van der Waals surface area contributed by atoms with Crippen molar-refractivity contribution in [2.75, 3.05) is 19.6 Å². The highest BCUT2D eigenvalue weighted by Gasteiger charge is 2.30. The molecule has 4 nitrogen and oxygen atoms in total. The van der Waals surface area contributed by atoms with E-state index in [9.17, 15) is 18.0 Å². The molecule has 1 saturated heterocycles. The van der Waals surface area contributed by atoms with Gasteiger partial charge in [-0.25, -0.2) is 0 Å². The molecule has 25 heavy (non-hydrogen) atoms. The molecule has 0 spiro atoms. The maximum absolute atomic E-state index is 12.1. The number of carbonyl (C=O) groups is 1. The van der Waals surface area contributed by atoms with Crippen LogP contribution in [0.2, 0.25) is 0 Å². The molecule has 8 heteroatoms. The molecule has 0 atom stereocenters. The molecular formula is C17H24ClF3N2O2. The first-order chi connectivity index (χ1) is 11.4. The average molecular weight is 381 g/mol. The fraction of sp³-hybridized carbons (Fsp3) is 0.588. The van der Waals surface area contributed by atoms with Crippen LogP contribution in [0.1, 0.15) is 31.2 Å². The second kappa shape index (κ2) is 10.5. The first-order valence-electron chi connectivity index (χ1n) is 8.24. The summed E-state index contributed by atoms with van der Waals surface area (Å²) < 4.78 is 40.0. The van der Waals surface area contributed by atoms with Crippen LogP contribution in [0, 0.1) is 5.92 Å². The van der Waals surface area contributed by atoms with Gasteiger partial charge in [0.2, 0.25) is 5.91 Å². The van der Waals surface area contributed by atoms with Crippen LogP contribution >= 0.6 is 12.4 Å². The fourth-order valence-corrected chi connectivity index (χ4v) is 2.80. The van der Waals surface area contributed by atoms with Crippen LogP contribution in [0.25, 0.3) is 0 Å². The van der Waals surface area contributed by atoms with Crippen molar-refractivity contribution in [2.24, 2.45) is 5.92 Å². The number of benzene rings is 1. The highest BCUT2D eigenvalue weighted by Crippen LogP contribution is 2.22. The molecule has 2 N–H and O–H groups in total.